The van der Waals surface area contributed by atoms with Crippen LogP contribution in [0, 0.1) is 0 Å². The average molecular weight is 237 g/mol. The lowest BCUT2D eigenvalue weighted by atomic mass is 10.1. The zero-order chi connectivity index (χ0) is 11.9. The highest BCUT2D eigenvalue weighted by Gasteiger charge is 2.25. The van der Waals surface area contributed by atoms with E-state index in [0.717, 1.165) is 4.48 Å². The van der Waals surface area contributed by atoms with Crippen LogP contribution in [0.3, 0.4) is 0 Å². The van der Waals surface area contributed by atoms with E-state index >= 15 is 0 Å². The molecule has 0 unspecified atom stereocenters. The second-order valence-corrected chi connectivity index (χ2v) is 4.54. The van der Waals surface area contributed by atoms with E-state index in [-0.39, 0.29) is 5.48 Å². The third-order valence-corrected chi connectivity index (χ3v) is 3.70. The minimum atomic E-state index is 0. The molecule has 0 aliphatic heterocycles. The number of para-hydroxylation sites is 1. The summed E-state index contributed by atoms with van der Waals surface area (Å²) in [5.74, 6) is 0. The van der Waals surface area contributed by atoms with Crippen molar-refractivity contribution < 1.29 is 5.48 Å². The molecular formula is C15H27NO. The van der Waals surface area contributed by atoms with Gasteiger partial charge in [0.25, 0.3) is 0 Å². The molecule has 98 valence electrons. The Balaban J connectivity index is 0.00000256. The summed E-state index contributed by atoms with van der Waals surface area (Å²) in [6.07, 6.45) is 4.00. The van der Waals surface area contributed by atoms with E-state index in [2.05, 4.69) is 51.1 Å². The van der Waals surface area contributed by atoms with Crippen molar-refractivity contribution in [3.8, 4) is 0 Å². The highest BCUT2D eigenvalue weighted by atomic mass is 16.0. The highest BCUT2D eigenvalue weighted by molar-refractivity contribution is 5.42. The summed E-state index contributed by atoms with van der Waals surface area (Å²) < 4.78 is 1.14. The number of nitrogens with zero attached hydrogens (tertiary/aromatic N) is 1. The molecule has 2 heteroatoms. The fraction of sp³-hybridized carbons (Fsp3) is 0.600. The van der Waals surface area contributed by atoms with Crippen molar-refractivity contribution in [1.82, 2.24) is 4.48 Å². The fourth-order valence-electron chi connectivity index (χ4n) is 2.44. The van der Waals surface area contributed by atoms with E-state index in [0.29, 0.717) is 0 Å². The molecule has 0 amide bonds. The lowest BCUT2D eigenvalue weighted by Gasteiger charge is -2.36. The van der Waals surface area contributed by atoms with E-state index in [1.54, 1.807) is 0 Å². The van der Waals surface area contributed by atoms with Gasteiger partial charge in [0.05, 0.1) is 19.6 Å². The maximum Gasteiger partial charge on any atom is 0.132 e. The molecule has 17 heavy (non-hydrogen) atoms. The molecule has 0 bridgehead atoms. The number of rotatable bonds is 7. The van der Waals surface area contributed by atoms with Gasteiger partial charge in [-0.05, 0) is 38.8 Å². The summed E-state index contributed by atoms with van der Waals surface area (Å²) in [7, 11) is 0. The van der Waals surface area contributed by atoms with E-state index in [4.69, 9.17) is 0 Å². The van der Waals surface area contributed by atoms with Crippen LogP contribution in [0.15, 0.2) is 30.3 Å². The summed E-state index contributed by atoms with van der Waals surface area (Å²) in [5, 5.41) is 0. The summed E-state index contributed by atoms with van der Waals surface area (Å²) in [6, 6.07) is 11.0. The number of hydrogen-bond donors (Lipinski definition) is 0. The van der Waals surface area contributed by atoms with Gasteiger partial charge in [0, 0.05) is 0 Å². The van der Waals surface area contributed by atoms with Gasteiger partial charge in [0.2, 0.25) is 0 Å². The first-order valence-electron chi connectivity index (χ1n) is 6.70. The Morgan fingerprint density at radius 1 is 0.882 bits per heavy atom. The second kappa shape index (κ2) is 8.26. The van der Waals surface area contributed by atoms with E-state index in [1.807, 2.05) is 0 Å². The SMILES string of the molecule is CCCCC[N+](CC)(CC)c1ccccc1.[OH-]. The molecule has 0 heterocycles. The van der Waals surface area contributed by atoms with E-state index < -0.39 is 0 Å². The zero-order valence-corrected chi connectivity index (χ0v) is 11.5. The summed E-state index contributed by atoms with van der Waals surface area (Å²) in [5.41, 5.74) is 1.48. The predicted molar refractivity (Wildman–Crippen MR) is 75.6 cm³/mol. The van der Waals surface area contributed by atoms with Crippen molar-refractivity contribution in [3.05, 3.63) is 30.3 Å². The molecule has 1 aromatic carbocycles. The van der Waals surface area contributed by atoms with Crippen LogP contribution in [-0.4, -0.2) is 25.1 Å². The number of quaternary nitrogens is 1. The van der Waals surface area contributed by atoms with Crippen molar-refractivity contribution in [2.75, 3.05) is 19.6 Å². The molecule has 0 radical (unpaired) electrons. The lowest BCUT2D eigenvalue weighted by Crippen LogP contribution is -2.49. The quantitative estimate of drug-likeness (QED) is 0.520. The van der Waals surface area contributed by atoms with Crippen LogP contribution in [-0.2, 0) is 0 Å². The molecule has 2 nitrogen and oxygen atoms in total. The first-order valence-corrected chi connectivity index (χ1v) is 6.70. The Kier molecular flexibility index (Phi) is 7.85. The second-order valence-electron chi connectivity index (χ2n) is 4.54. The normalized spacial score (nSPS) is 11.0. The van der Waals surface area contributed by atoms with Crippen molar-refractivity contribution in [3.63, 3.8) is 0 Å². The Bertz CT molecular complexity index is 280. The van der Waals surface area contributed by atoms with Crippen LogP contribution < -0.4 is 4.48 Å². The van der Waals surface area contributed by atoms with Gasteiger partial charge in [-0.3, -0.25) is 4.48 Å². The molecule has 0 atom stereocenters. The van der Waals surface area contributed by atoms with Gasteiger partial charge in [-0.2, -0.15) is 0 Å². The molecule has 1 N–H and O–H groups in total. The van der Waals surface area contributed by atoms with Gasteiger partial charge in [-0.1, -0.05) is 31.5 Å². The molecule has 0 aromatic heterocycles. The van der Waals surface area contributed by atoms with Gasteiger partial charge in [-0.15, -0.1) is 0 Å². The predicted octanol–water partition coefficient (Wildman–Crippen LogP) is 4.05. The minimum Gasteiger partial charge on any atom is -0.870 e. The standard InChI is InChI=1S/C15H26N.H2O/c1-4-7-11-14-16(5-2,6-3)15-12-9-8-10-13-15;/h8-10,12-13H,4-7,11,14H2,1-3H3;1H2/q+1;/p-1. The zero-order valence-electron chi connectivity index (χ0n) is 11.5. The molecule has 0 saturated heterocycles. The molecule has 0 spiro atoms. The van der Waals surface area contributed by atoms with Crippen LogP contribution in [0.2, 0.25) is 0 Å². The summed E-state index contributed by atoms with van der Waals surface area (Å²) >= 11 is 0. The smallest absolute Gasteiger partial charge is 0.132 e. The molecule has 1 rings (SSSR count). The largest absolute Gasteiger partial charge is 0.870 e. The molecular weight excluding hydrogens is 210 g/mol. The fourth-order valence-corrected chi connectivity index (χ4v) is 2.44. The Morgan fingerprint density at radius 2 is 1.47 bits per heavy atom. The van der Waals surface area contributed by atoms with Crippen molar-refractivity contribution >= 4 is 5.69 Å². The van der Waals surface area contributed by atoms with Gasteiger partial charge in [-0.25, -0.2) is 0 Å². The first kappa shape index (κ1) is 16.1. The molecule has 0 saturated carbocycles. The van der Waals surface area contributed by atoms with Gasteiger partial charge in [0.15, 0.2) is 0 Å². The third-order valence-electron chi connectivity index (χ3n) is 3.70. The number of benzene rings is 1. The Morgan fingerprint density at radius 3 is 1.94 bits per heavy atom. The maximum atomic E-state index is 2.31. The molecule has 0 aliphatic rings. The first-order chi connectivity index (χ1) is 7.79. The van der Waals surface area contributed by atoms with Crippen molar-refractivity contribution in [2.45, 2.75) is 40.0 Å². The van der Waals surface area contributed by atoms with Gasteiger partial charge in [0.1, 0.15) is 5.69 Å². The maximum absolute atomic E-state index is 2.31. The van der Waals surface area contributed by atoms with Crippen molar-refractivity contribution in [1.29, 1.82) is 0 Å². The van der Waals surface area contributed by atoms with E-state index in [1.165, 1.54) is 44.6 Å². The topological polar surface area (TPSA) is 30.0 Å². The van der Waals surface area contributed by atoms with Crippen LogP contribution in [0.1, 0.15) is 40.0 Å². The van der Waals surface area contributed by atoms with Crippen LogP contribution in [0.5, 0.6) is 0 Å². The number of hydrogen-bond acceptors (Lipinski definition) is 1. The van der Waals surface area contributed by atoms with Crippen LogP contribution in [0.25, 0.3) is 0 Å². The van der Waals surface area contributed by atoms with Crippen LogP contribution >= 0.6 is 0 Å². The highest BCUT2D eigenvalue weighted by Crippen LogP contribution is 2.23. The molecule has 0 aliphatic carbocycles. The summed E-state index contributed by atoms with van der Waals surface area (Å²) in [6.45, 7) is 10.6. The number of unbranched alkanes of at least 4 members (excludes halogenated alkanes) is 2. The Labute approximate surface area is 106 Å². The van der Waals surface area contributed by atoms with Gasteiger partial charge >= 0.3 is 0 Å². The van der Waals surface area contributed by atoms with E-state index in [9.17, 15) is 0 Å². The third kappa shape index (κ3) is 4.14. The lowest BCUT2D eigenvalue weighted by molar-refractivity contribution is 0.293. The average Bonchev–Trinajstić information content (AvgIpc) is 2.36. The minimum absolute atomic E-state index is 0. The van der Waals surface area contributed by atoms with Crippen LogP contribution in [0.4, 0.5) is 5.69 Å². The van der Waals surface area contributed by atoms with Crippen molar-refractivity contribution in [2.24, 2.45) is 0 Å². The monoisotopic (exact) mass is 237 g/mol. The van der Waals surface area contributed by atoms with Gasteiger partial charge < -0.3 is 5.48 Å². The molecule has 1 aromatic rings. The Hall–Kier alpha value is -0.860. The molecule has 0 fully saturated rings. The summed E-state index contributed by atoms with van der Waals surface area (Å²) in [4.78, 5) is 0.